The first-order valence-corrected chi connectivity index (χ1v) is 5.39. The van der Waals surface area contributed by atoms with Crippen molar-refractivity contribution >= 4 is 5.97 Å². The molecule has 0 atom stereocenters. The summed E-state index contributed by atoms with van der Waals surface area (Å²) in [5.74, 6) is -0.954. The lowest BCUT2D eigenvalue weighted by atomic mass is 10.1. The minimum absolute atomic E-state index is 0.145. The van der Waals surface area contributed by atoms with Crippen molar-refractivity contribution in [2.75, 3.05) is 6.61 Å². The van der Waals surface area contributed by atoms with Gasteiger partial charge in [-0.05, 0) is 42.8 Å². The Morgan fingerprint density at radius 2 is 2.28 bits per heavy atom. The van der Waals surface area contributed by atoms with Crippen LogP contribution in [-0.2, 0) is 4.74 Å². The number of benzene rings is 1. The Morgan fingerprint density at radius 1 is 1.50 bits per heavy atom. The molecule has 18 heavy (non-hydrogen) atoms. The van der Waals surface area contributed by atoms with E-state index in [0.717, 1.165) is 0 Å². The molecule has 1 aromatic carbocycles. The van der Waals surface area contributed by atoms with Gasteiger partial charge < -0.3 is 9.26 Å². The number of aromatic nitrogens is 2. The molecule has 0 aliphatic carbocycles. The predicted molar refractivity (Wildman–Crippen MR) is 60.4 cm³/mol. The number of hydrogen-bond acceptors (Lipinski definition) is 5. The quantitative estimate of drug-likeness (QED) is 0.782. The number of aryl methyl sites for hydroxylation is 1. The predicted octanol–water partition coefficient (Wildman–Crippen LogP) is 2.36. The molecule has 0 radical (unpaired) electrons. The van der Waals surface area contributed by atoms with Gasteiger partial charge in [0.1, 0.15) is 5.82 Å². The monoisotopic (exact) mass is 250 g/mol. The molecule has 0 unspecified atom stereocenters. The van der Waals surface area contributed by atoms with Crippen molar-refractivity contribution in [1.29, 1.82) is 0 Å². The zero-order valence-corrected chi connectivity index (χ0v) is 9.94. The molecule has 6 heteroatoms. The molecule has 0 spiro atoms. The van der Waals surface area contributed by atoms with E-state index in [1.165, 1.54) is 12.1 Å². The smallest absolute Gasteiger partial charge is 0.379 e. The number of carbonyl (C=O) groups is 1. The summed E-state index contributed by atoms with van der Waals surface area (Å²) in [5, 5.41) is 3.51. The molecule has 0 aliphatic heterocycles. The fourth-order valence-electron chi connectivity index (χ4n) is 1.40. The third kappa shape index (κ3) is 2.37. The first kappa shape index (κ1) is 12.2. The van der Waals surface area contributed by atoms with E-state index in [0.29, 0.717) is 11.1 Å². The molecule has 1 aromatic heterocycles. The fourth-order valence-corrected chi connectivity index (χ4v) is 1.40. The third-order valence-electron chi connectivity index (χ3n) is 2.29. The minimum atomic E-state index is -0.647. The van der Waals surface area contributed by atoms with Crippen LogP contribution in [-0.4, -0.2) is 22.7 Å². The lowest BCUT2D eigenvalue weighted by molar-refractivity contribution is 0.0508. The van der Waals surface area contributed by atoms with E-state index in [2.05, 4.69) is 10.1 Å². The van der Waals surface area contributed by atoms with Crippen LogP contribution in [0.25, 0.3) is 11.5 Å². The molecule has 1 heterocycles. The van der Waals surface area contributed by atoms with Gasteiger partial charge in [-0.25, -0.2) is 9.18 Å². The van der Waals surface area contributed by atoms with Crippen LogP contribution in [0.5, 0.6) is 0 Å². The number of hydrogen-bond donors (Lipinski definition) is 0. The van der Waals surface area contributed by atoms with Crippen molar-refractivity contribution < 1.29 is 18.4 Å². The highest BCUT2D eigenvalue weighted by atomic mass is 19.1. The van der Waals surface area contributed by atoms with Crippen LogP contribution in [0.1, 0.15) is 23.1 Å². The highest BCUT2D eigenvalue weighted by Crippen LogP contribution is 2.20. The van der Waals surface area contributed by atoms with Crippen LogP contribution >= 0.6 is 0 Å². The third-order valence-corrected chi connectivity index (χ3v) is 2.29. The maximum absolute atomic E-state index is 13.1. The summed E-state index contributed by atoms with van der Waals surface area (Å²) in [5.41, 5.74) is 1.01. The molecule has 5 nitrogen and oxygen atoms in total. The van der Waals surface area contributed by atoms with Gasteiger partial charge in [-0.3, -0.25) is 0 Å². The molecule has 0 bridgehead atoms. The molecule has 0 amide bonds. The lowest BCUT2D eigenvalue weighted by Gasteiger charge is -1.97. The Morgan fingerprint density at radius 3 is 2.94 bits per heavy atom. The Kier molecular flexibility index (Phi) is 3.36. The summed E-state index contributed by atoms with van der Waals surface area (Å²) in [6, 6.07) is 4.38. The average Bonchev–Trinajstić information content (AvgIpc) is 2.82. The topological polar surface area (TPSA) is 65.2 Å². The highest BCUT2D eigenvalue weighted by molar-refractivity contribution is 5.85. The van der Waals surface area contributed by atoms with Crippen LogP contribution in [0.2, 0.25) is 0 Å². The molecule has 2 aromatic rings. The van der Waals surface area contributed by atoms with Crippen molar-refractivity contribution in [3.63, 3.8) is 0 Å². The number of rotatable bonds is 3. The zero-order chi connectivity index (χ0) is 13.1. The zero-order valence-electron chi connectivity index (χ0n) is 9.94. The molecule has 0 fully saturated rings. The average molecular weight is 250 g/mol. The molecule has 94 valence electrons. The maximum atomic E-state index is 13.1. The maximum Gasteiger partial charge on any atom is 0.379 e. The van der Waals surface area contributed by atoms with E-state index in [4.69, 9.17) is 9.26 Å². The number of carbonyl (C=O) groups excluding carboxylic acids is 1. The van der Waals surface area contributed by atoms with Gasteiger partial charge in [0.05, 0.1) is 6.61 Å². The molecule has 2 rings (SSSR count). The first-order valence-electron chi connectivity index (χ1n) is 5.39. The van der Waals surface area contributed by atoms with Crippen LogP contribution in [0, 0.1) is 12.7 Å². The van der Waals surface area contributed by atoms with E-state index in [1.54, 1.807) is 19.9 Å². The van der Waals surface area contributed by atoms with Gasteiger partial charge in [-0.1, -0.05) is 0 Å². The standard InChI is InChI=1S/C12H11FN2O3/c1-3-17-12(16)10-14-11(18-15-10)8-4-5-9(13)7(2)6-8/h4-6H,3H2,1-2H3. The van der Waals surface area contributed by atoms with Gasteiger partial charge in [0, 0.05) is 5.56 Å². The highest BCUT2D eigenvalue weighted by Gasteiger charge is 2.16. The van der Waals surface area contributed by atoms with Crippen molar-refractivity contribution in [1.82, 2.24) is 10.1 Å². The van der Waals surface area contributed by atoms with Crippen molar-refractivity contribution in [3.8, 4) is 11.5 Å². The van der Waals surface area contributed by atoms with Crippen LogP contribution < -0.4 is 0 Å². The van der Waals surface area contributed by atoms with Crippen LogP contribution in [0.4, 0.5) is 4.39 Å². The van der Waals surface area contributed by atoms with Gasteiger partial charge in [0.2, 0.25) is 0 Å². The SMILES string of the molecule is CCOC(=O)c1noc(-c2ccc(F)c(C)c2)n1. The number of ether oxygens (including phenoxy) is 1. The van der Waals surface area contributed by atoms with Gasteiger partial charge in [-0.15, -0.1) is 0 Å². The summed E-state index contributed by atoms with van der Waals surface area (Å²) < 4.78 is 22.8. The van der Waals surface area contributed by atoms with E-state index < -0.39 is 5.97 Å². The number of nitrogens with zero attached hydrogens (tertiary/aromatic N) is 2. The summed E-state index contributed by atoms with van der Waals surface area (Å²) in [7, 11) is 0. The van der Waals surface area contributed by atoms with Crippen molar-refractivity contribution in [2.45, 2.75) is 13.8 Å². The van der Waals surface area contributed by atoms with Gasteiger partial charge in [0.25, 0.3) is 11.7 Å². The van der Waals surface area contributed by atoms with Crippen molar-refractivity contribution in [3.05, 3.63) is 35.4 Å². The van der Waals surface area contributed by atoms with Gasteiger partial charge >= 0.3 is 5.97 Å². The summed E-state index contributed by atoms with van der Waals surface area (Å²) in [6.45, 7) is 3.54. The molecule has 0 saturated carbocycles. The van der Waals surface area contributed by atoms with Gasteiger partial charge in [0.15, 0.2) is 0 Å². The summed E-state index contributed by atoms with van der Waals surface area (Å²) in [4.78, 5) is 15.2. The second-order valence-corrected chi connectivity index (χ2v) is 3.61. The second-order valence-electron chi connectivity index (χ2n) is 3.61. The molecule has 0 saturated heterocycles. The second kappa shape index (κ2) is 4.95. The summed E-state index contributed by atoms with van der Waals surface area (Å²) >= 11 is 0. The first-order chi connectivity index (χ1) is 8.61. The van der Waals surface area contributed by atoms with E-state index in [-0.39, 0.29) is 24.1 Å². The molecular weight excluding hydrogens is 239 g/mol. The summed E-state index contributed by atoms with van der Waals surface area (Å²) in [6.07, 6.45) is 0. The van der Waals surface area contributed by atoms with E-state index in [1.807, 2.05) is 0 Å². The Bertz CT molecular complexity index is 580. The molecule has 0 N–H and O–H groups in total. The number of esters is 1. The van der Waals surface area contributed by atoms with E-state index in [9.17, 15) is 9.18 Å². The Balaban J connectivity index is 2.29. The normalized spacial score (nSPS) is 10.4. The van der Waals surface area contributed by atoms with E-state index >= 15 is 0 Å². The van der Waals surface area contributed by atoms with Crippen LogP contribution in [0.3, 0.4) is 0 Å². The molecular formula is C12H11FN2O3. The fraction of sp³-hybridized carbons (Fsp3) is 0.250. The molecule has 0 aliphatic rings. The van der Waals surface area contributed by atoms with Gasteiger partial charge in [-0.2, -0.15) is 4.98 Å². The number of halogens is 1. The Hall–Kier alpha value is -2.24. The van der Waals surface area contributed by atoms with Crippen molar-refractivity contribution in [2.24, 2.45) is 0 Å². The largest absolute Gasteiger partial charge is 0.460 e. The minimum Gasteiger partial charge on any atom is -0.460 e. The Labute approximate surface area is 103 Å². The lowest BCUT2D eigenvalue weighted by Crippen LogP contribution is -2.06. The van der Waals surface area contributed by atoms with Crippen LogP contribution in [0.15, 0.2) is 22.7 Å².